The molecule has 2 aromatic rings. The molecule has 0 saturated heterocycles. The molecule has 0 aliphatic rings. The van der Waals surface area contributed by atoms with Crippen molar-refractivity contribution in [3.05, 3.63) is 42.7 Å². The SMILES string of the molecule is Nc1ccc(OC(=O)NCCn2cccn2)cc1. The number of aromatic nitrogens is 2. The van der Waals surface area contributed by atoms with E-state index in [1.54, 1.807) is 35.1 Å². The molecule has 1 amide bonds. The Balaban J connectivity index is 1.73. The number of carbonyl (C=O) groups is 1. The molecule has 2 rings (SSSR count). The number of ether oxygens (including phenoxy) is 1. The summed E-state index contributed by atoms with van der Waals surface area (Å²) < 4.78 is 6.78. The number of nitrogen functional groups attached to an aromatic ring is 1. The largest absolute Gasteiger partial charge is 0.412 e. The second kappa shape index (κ2) is 5.72. The Bertz CT molecular complexity index is 493. The third-order valence-electron chi connectivity index (χ3n) is 2.26. The standard InChI is InChI=1S/C12H14N4O2/c13-10-2-4-11(5-3-10)18-12(17)14-7-9-16-8-1-6-15-16/h1-6,8H,7,9,13H2,(H,14,17). The summed E-state index contributed by atoms with van der Waals surface area (Å²) in [5, 5.41) is 6.65. The lowest BCUT2D eigenvalue weighted by Crippen LogP contribution is -2.30. The van der Waals surface area contributed by atoms with Crippen molar-refractivity contribution in [3.8, 4) is 5.75 Å². The number of amides is 1. The first-order valence-corrected chi connectivity index (χ1v) is 5.53. The number of rotatable bonds is 4. The fraction of sp³-hybridized carbons (Fsp3) is 0.167. The average Bonchev–Trinajstić information content (AvgIpc) is 2.85. The minimum Gasteiger partial charge on any atom is -0.410 e. The molecular formula is C12H14N4O2. The normalized spacial score (nSPS) is 10.0. The lowest BCUT2D eigenvalue weighted by Gasteiger charge is -2.06. The van der Waals surface area contributed by atoms with Gasteiger partial charge >= 0.3 is 6.09 Å². The van der Waals surface area contributed by atoms with E-state index in [1.807, 2.05) is 12.3 Å². The van der Waals surface area contributed by atoms with Crippen LogP contribution in [0.1, 0.15) is 0 Å². The second-order valence-electron chi connectivity index (χ2n) is 3.65. The summed E-state index contributed by atoms with van der Waals surface area (Å²) in [5.41, 5.74) is 6.15. The summed E-state index contributed by atoms with van der Waals surface area (Å²) in [6.45, 7) is 1.05. The number of hydrogen-bond donors (Lipinski definition) is 2. The molecule has 94 valence electrons. The van der Waals surface area contributed by atoms with Gasteiger partial charge in [0.05, 0.1) is 6.54 Å². The summed E-state index contributed by atoms with van der Waals surface area (Å²) in [5.74, 6) is 0.459. The van der Waals surface area contributed by atoms with Gasteiger partial charge in [-0.25, -0.2) is 4.79 Å². The number of nitrogens with two attached hydrogens (primary N) is 1. The van der Waals surface area contributed by atoms with E-state index < -0.39 is 6.09 Å². The van der Waals surface area contributed by atoms with Gasteiger partial charge in [-0.2, -0.15) is 5.10 Å². The summed E-state index contributed by atoms with van der Waals surface area (Å²) >= 11 is 0. The van der Waals surface area contributed by atoms with E-state index in [1.165, 1.54) is 0 Å². The molecule has 0 spiro atoms. The summed E-state index contributed by atoms with van der Waals surface area (Å²) in [6.07, 6.45) is 3.02. The highest BCUT2D eigenvalue weighted by Crippen LogP contribution is 2.12. The van der Waals surface area contributed by atoms with Gasteiger partial charge in [-0.1, -0.05) is 0 Å². The van der Waals surface area contributed by atoms with Gasteiger partial charge in [0.2, 0.25) is 0 Å². The van der Waals surface area contributed by atoms with Crippen molar-refractivity contribution >= 4 is 11.8 Å². The predicted octanol–water partition coefficient (Wildman–Crippen LogP) is 1.25. The van der Waals surface area contributed by atoms with Crippen LogP contribution in [0.15, 0.2) is 42.7 Å². The van der Waals surface area contributed by atoms with Crippen LogP contribution in [0.2, 0.25) is 0 Å². The molecule has 3 N–H and O–H groups in total. The van der Waals surface area contributed by atoms with Crippen molar-refractivity contribution in [3.63, 3.8) is 0 Å². The lowest BCUT2D eigenvalue weighted by molar-refractivity contribution is 0.200. The van der Waals surface area contributed by atoms with E-state index in [0.717, 1.165) is 0 Å². The Morgan fingerprint density at radius 2 is 2.17 bits per heavy atom. The molecule has 18 heavy (non-hydrogen) atoms. The van der Waals surface area contributed by atoms with Gasteiger partial charge in [-0.3, -0.25) is 4.68 Å². The van der Waals surface area contributed by atoms with Crippen LogP contribution in [0.5, 0.6) is 5.75 Å². The molecule has 1 heterocycles. The second-order valence-corrected chi connectivity index (χ2v) is 3.65. The maximum absolute atomic E-state index is 11.4. The fourth-order valence-electron chi connectivity index (χ4n) is 1.38. The van der Waals surface area contributed by atoms with Crippen molar-refractivity contribution in [2.75, 3.05) is 12.3 Å². The predicted molar refractivity (Wildman–Crippen MR) is 67.1 cm³/mol. The van der Waals surface area contributed by atoms with Crippen LogP contribution in [-0.2, 0) is 6.54 Å². The molecular weight excluding hydrogens is 232 g/mol. The Morgan fingerprint density at radius 1 is 1.39 bits per heavy atom. The van der Waals surface area contributed by atoms with E-state index in [4.69, 9.17) is 10.5 Å². The molecule has 0 aliphatic carbocycles. The third-order valence-corrected chi connectivity index (χ3v) is 2.26. The Kier molecular flexibility index (Phi) is 3.80. The average molecular weight is 246 g/mol. The minimum atomic E-state index is -0.494. The maximum Gasteiger partial charge on any atom is 0.412 e. The van der Waals surface area contributed by atoms with E-state index in [0.29, 0.717) is 24.5 Å². The number of hydrogen-bond acceptors (Lipinski definition) is 4. The van der Waals surface area contributed by atoms with Gasteiger partial charge < -0.3 is 15.8 Å². The number of nitrogens with one attached hydrogen (secondary N) is 1. The van der Waals surface area contributed by atoms with E-state index >= 15 is 0 Å². The number of benzene rings is 1. The smallest absolute Gasteiger partial charge is 0.410 e. The van der Waals surface area contributed by atoms with Crippen LogP contribution in [0.25, 0.3) is 0 Å². The van der Waals surface area contributed by atoms with Gasteiger partial charge in [0.1, 0.15) is 5.75 Å². The highest BCUT2D eigenvalue weighted by atomic mass is 16.6. The topological polar surface area (TPSA) is 82.2 Å². The van der Waals surface area contributed by atoms with E-state index in [9.17, 15) is 4.79 Å². The Morgan fingerprint density at radius 3 is 2.83 bits per heavy atom. The first-order chi connectivity index (χ1) is 8.74. The summed E-state index contributed by atoms with van der Waals surface area (Å²) in [7, 11) is 0. The zero-order valence-electron chi connectivity index (χ0n) is 9.74. The van der Waals surface area contributed by atoms with Gasteiger partial charge in [-0.15, -0.1) is 0 Å². The molecule has 1 aromatic carbocycles. The molecule has 0 atom stereocenters. The van der Waals surface area contributed by atoms with Gasteiger partial charge in [0.15, 0.2) is 0 Å². The molecule has 6 nitrogen and oxygen atoms in total. The first kappa shape index (κ1) is 12.0. The third kappa shape index (κ3) is 3.51. The van der Waals surface area contributed by atoms with Gasteiger partial charge in [0.25, 0.3) is 0 Å². The van der Waals surface area contributed by atoms with Crippen LogP contribution in [0.4, 0.5) is 10.5 Å². The van der Waals surface area contributed by atoms with Gasteiger partial charge in [0, 0.05) is 24.6 Å². The first-order valence-electron chi connectivity index (χ1n) is 5.53. The molecule has 0 saturated carbocycles. The van der Waals surface area contributed by atoms with Crippen molar-refractivity contribution in [2.45, 2.75) is 6.54 Å². The van der Waals surface area contributed by atoms with Gasteiger partial charge in [-0.05, 0) is 30.3 Å². The molecule has 0 bridgehead atoms. The van der Waals surface area contributed by atoms with Crippen molar-refractivity contribution in [1.29, 1.82) is 0 Å². The van der Waals surface area contributed by atoms with Crippen LogP contribution in [0.3, 0.4) is 0 Å². The molecule has 6 heteroatoms. The number of anilines is 1. The zero-order valence-corrected chi connectivity index (χ0v) is 9.74. The van der Waals surface area contributed by atoms with Crippen LogP contribution in [0, 0.1) is 0 Å². The lowest BCUT2D eigenvalue weighted by atomic mass is 10.3. The quantitative estimate of drug-likeness (QED) is 0.795. The maximum atomic E-state index is 11.4. The number of nitrogens with zero attached hydrogens (tertiary/aromatic N) is 2. The van der Waals surface area contributed by atoms with Crippen LogP contribution in [-0.4, -0.2) is 22.4 Å². The van der Waals surface area contributed by atoms with Crippen molar-refractivity contribution in [1.82, 2.24) is 15.1 Å². The molecule has 1 aromatic heterocycles. The van der Waals surface area contributed by atoms with E-state index in [2.05, 4.69) is 10.4 Å². The summed E-state index contributed by atoms with van der Waals surface area (Å²) in [6, 6.07) is 8.45. The Hall–Kier alpha value is -2.50. The zero-order chi connectivity index (χ0) is 12.8. The van der Waals surface area contributed by atoms with Crippen LogP contribution < -0.4 is 15.8 Å². The fourth-order valence-corrected chi connectivity index (χ4v) is 1.38. The highest BCUT2D eigenvalue weighted by Gasteiger charge is 2.03. The number of carbonyl (C=O) groups excluding carboxylic acids is 1. The molecule has 0 radical (unpaired) electrons. The molecule has 0 fully saturated rings. The molecule has 0 unspecified atom stereocenters. The van der Waals surface area contributed by atoms with E-state index in [-0.39, 0.29) is 0 Å². The summed E-state index contributed by atoms with van der Waals surface area (Å²) in [4.78, 5) is 11.4. The monoisotopic (exact) mass is 246 g/mol. The van der Waals surface area contributed by atoms with Crippen molar-refractivity contribution in [2.24, 2.45) is 0 Å². The minimum absolute atomic E-state index is 0.454. The molecule has 0 aliphatic heterocycles. The van der Waals surface area contributed by atoms with Crippen LogP contribution >= 0.6 is 0 Å². The van der Waals surface area contributed by atoms with Crippen molar-refractivity contribution < 1.29 is 9.53 Å². The Labute approximate surface area is 104 Å². The highest BCUT2D eigenvalue weighted by molar-refractivity contribution is 5.70.